The van der Waals surface area contributed by atoms with Crippen molar-refractivity contribution < 1.29 is 19.0 Å². The molecule has 29 heavy (non-hydrogen) atoms. The molecule has 2 aromatic rings. The SMILES string of the molecule is COc1cccc(N2CCN(CC(=O)Nc3cc4c(cc3Br)OCCO4)CC2)c1. The van der Waals surface area contributed by atoms with Crippen molar-refractivity contribution in [3.05, 3.63) is 40.9 Å². The van der Waals surface area contributed by atoms with E-state index < -0.39 is 0 Å². The van der Waals surface area contributed by atoms with Gasteiger partial charge in [0, 0.05) is 54.5 Å². The third kappa shape index (κ3) is 4.76. The number of fused-ring (bicyclic) bond motifs is 1. The van der Waals surface area contributed by atoms with Gasteiger partial charge in [-0.3, -0.25) is 9.69 Å². The highest BCUT2D eigenvalue weighted by atomic mass is 79.9. The number of nitrogens with one attached hydrogen (secondary N) is 1. The topological polar surface area (TPSA) is 63.3 Å². The van der Waals surface area contributed by atoms with E-state index in [1.165, 1.54) is 0 Å². The van der Waals surface area contributed by atoms with Crippen molar-refractivity contribution in [3.63, 3.8) is 0 Å². The number of carbonyl (C=O) groups is 1. The summed E-state index contributed by atoms with van der Waals surface area (Å²) in [5.41, 5.74) is 1.84. The Bertz CT molecular complexity index is 884. The largest absolute Gasteiger partial charge is 0.497 e. The monoisotopic (exact) mass is 461 g/mol. The molecule has 0 atom stereocenters. The number of hydrogen-bond acceptors (Lipinski definition) is 6. The maximum Gasteiger partial charge on any atom is 0.238 e. The van der Waals surface area contributed by atoms with Crippen LogP contribution in [0, 0.1) is 0 Å². The van der Waals surface area contributed by atoms with Gasteiger partial charge in [-0.2, -0.15) is 0 Å². The molecular formula is C21H24BrN3O4. The Labute approximate surface area is 178 Å². The van der Waals surface area contributed by atoms with Gasteiger partial charge in [-0.15, -0.1) is 0 Å². The highest BCUT2D eigenvalue weighted by molar-refractivity contribution is 9.10. The smallest absolute Gasteiger partial charge is 0.238 e. The van der Waals surface area contributed by atoms with Crippen LogP contribution in [0.15, 0.2) is 40.9 Å². The van der Waals surface area contributed by atoms with Gasteiger partial charge in [-0.1, -0.05) is 6.07 Å². The van der Waals surface area contributed by atoms with Gasteiger partial charge in [0.2, 0.25) is 5.91 Å². The fraction of sp³-hybridized carbons (Fsp3) is 0.381. The first-order chi connectivity index (χ1) is 14.1. The Morgan fingerprint density at radius 3 is 2.55 bits per heavy atom. The summed E-state index contributed by atoms with van der Waals surface area (Å²) in [5, 5.41) is 2.97. The van der Waals surface area contributed by atoms with Crippen LogP contribution in [0.5, 0.6) is 17.2 Å². The number of benzene rings is 2. The number of carbonyl (C=O) groups excluding carboxylic acids is 1. The molecule has 0 unspecified atom stereocenters. The van der Waals surface area contributed by atoms with Crippen molar-refractivity contribution in [3.8, 4) is 17.2 Å². The van der Waals surface area contributed by atoms with Gasteiger partial charge in [0.05, 0.1) is 19.3 Å². The second kappa shape index (κ2) is 8.92. The zero-order valence-electron chi connectivity index (χ0n) is 16.3. The predicted molar refractivity (Wildman–Crippen MR) is 115 cm³/mol. The summed E-state index contributed by atoms with van der Waals surface area (Å²) < 4.78 is 17.2. The molecule has 2 heterocycles. The second-order valence-corrected chi connectivity index (χ2v) is 7.84. The number of amides is 1. The molecule has 1 fully saturated rings. The highest BCUT2D eigenvalue weighted by Crippen LogP contribution is 2.38. The van der Waals surface area contributed by atoms with E-state index in [1.54, 1.807) is 13.2 Å². The summed E-state index contributed by atoms with van der Waals surface area (Å²) in [4.78, 5) is 17.0. The Kier molecular flexibility index (Phi) is 6.10. The van der Waals surface area contributed by atoms with Gasteiger partial charge in [0.1, 0.15) is 19.0 Å². The molecule has 0 radical (unpaired) electrons. The number of nitrogens with zero attached hydrogens (tertiary/aromatic N) is 2. The molecule has 0 bridgehead atoms. The first kappa shape index (κ1) is 19.8. The molecule has 154 valence electrons. The van der Waals surface area contributed by atoms with Crippen molar-refractivity contribution >= 4 is 33.2 Å². The van der Waals surface area contributed by atoms with Crippen LogP contribution in [-0.4, -0.2) is 63.9 Å². The lowest BCUT2D eigenvalue weighted by atomic mass is 10.2. The Morgan fingerprint density at radius 2 is 1.83 bits per heavy atom. The Balaban J connectivity index is 1.31. The molecule has 0 spiro atoms. The zero-order valence-corrected chi connectivity index (χ0v) is 17.9. The number of piperazine rings is 1. The van der Waals surface area contributed by atoms with E-state index >= 15 is 0 Å². The van der Waals surface area contributed by atoms with Crippen LogP contribution in [0.25, 0.3) is 0 Å². The normalized spacial score (nSPS) is 16.4. The van der Waals surface area contributed by atoms with E-state index in [-0.39, 0.29) is 5.91 Å². The molecule has 0 aromatic heterocycles. The highest BCUT2D eigenvalue weighted by Gasteiger charge is 2.21. The molecule has 2 aromatic carbocycles. The number of ether oxygens (including phenoxy) is 3. The number of halogens is 1. The van der Waals surface area contributed by atoms with E-state index in [2.05, 4.69) is 37.1 Å². The van der Waals surface area contributed by atoms with Crippen LogP contribution in [0.1, 0.15) is 0 Å². The van der Waals surface area contributed by atoms with E-state index in [9.17, 15) is 4.79 Å². The first-order valence-electron chi connectivity index (χ1n) is 9.63. The van der Waals surface area contributed by atoms with Gasteiger partial charge in [-0.05, 0) is 28.1 Å². The maximum atomic E-state index is 12.6. The molecule has 4 rings (SSSR count). The van der Waals surface area contributed by atoms with Gasteiger partial charge in [0.25, 0.3) is 0 Å². The average molecular weight is 462 g/mol. The number of hydrogen-bond donors (Lipinski definition) is 1. The summed E-state index contributed by atoms with van der Waals surface area (Å²) in [6, 6.07) is 11.7. The molecule has 2 aliphatic rings. The summed E-state index contributed by atoms with van der Waals surface area (Å²) in [5.74, 6) is 2.16. The quantitative estimate of drug-likeness (QED) is 0.738. The Hall–Kier alpha value is -2.45. The standard InChI is InChI=1S/C21H24BrN3O4/c1-27-16-4-2-3-15(11-16)25-7-5-24(6-8-25)14-21(26)23-18-13-20-19(12-17(18)22)28-9-10-29-20/h2-4,11-13H,5-10,14H2,1H3,(H,23,26). The predicted octanol–water partition coefficient (Wildman–Crippen LogP) is 2.99. The van der Waals surface area contributed by atoms with Crippen molar-refractivity contribution in [1.82, 2.24) is 4.90 Å². The Morgan fingerprint density at radius 1 is 1.10 bits per heavy atom. The van der Waals surface area contributed by atoms with Crippen LogP contribution in [0.4, 0.5) is 11.4 Å². The fourth-order valence-corrected chi connectivity index (χ4v) is 3.95. The van der Waals surface area contributed by atoms with E-state index in [4.69, 9.17) is 14.2 Å². The maximum absolute atomic E-state index is 12.6. The zero-order chi connectivity index (χ0) is 20.2. The van der Waals surface area contributed by atoms with E-state index in [0.29, 0.717) is 36.9 Å². The van der Waals surface area contributed by atoms with Gasteiger partial charge in [-0.25, -0.2) is 0 Å². The summed E-state index contributed by atoms with van der Waals surface area (Å²) in [7, 11) is 1.68. The van der Waals surface area contributed by atoms with Crippen molar-refractivity contribution in [1.29, 1.82) is 0 Å². The summed E-state index contributed by atoms with van der Waals surface area (Å²) in [6.07, 6.45) is 0. The van der Waals surface area contributed by atoms with E-state index in [0.717, 1.165) is 42.1 Å². The molecule has 0 aliphatic carbocycles. The molecule has 1 N–H and O–H groups in total. The van der Waals surface area contributed by atoms with Crippen LogP contribution < -0.4 is 24.4 Å². The van der Waals surface area contributed by atoms with Crippen LogP contribution in [0.3, 0.4) is 0 Å². The minimum absolute atomic E-state index is 0.0443. The first-order valence-corrected chi connectivity index (χ1v) is 10.4. The van der Waals surface area contributed by atoms with Crippen LogP contribution in [-0.2, 0) is 4.79 Å². The number of methoxy groups -OCH3 is 1. The average Bonchev–Trinajstić information content (AvgIpc) is 2.75. The lowest BCUT2D eigenvalue weighted by molar-refractivity contribution is -0.117. The van der Waals surface area contributed by atoms with Gasteiger partial charge < -0.3 is 24.4 Å². The third-order valence-corrected chi connectivity index (χ3v) is 5.72. The lowest BCUT2D eigenvalue weighted by Crippen LogP contribution is -2.48. The van der Waals surface area contributed by atoms with Gasteiger partial charge >= 0.3 is 0 Å². The molecule has 2 aliphatic heterocycles. The fourth-order valence-electron chi connectivity index (χ4n) is 3.52. The van der Waals surface area contributed by atoms with Crippen molar-refractivity contribution in [2.24, 2.45) is 0 Å². The van der Waals surface area contributed by atoms with Gasteiger partial charge in [0.15, 0.2) is 11.5 Å². The minimum Gasteiger partial charge on any atom is -0.497 e. The second-order valence-electron chi connectivity index (χ2n) is 6.99. The molecular weight excluding hydrogens is 438 g/mol. The molecule has 7 nitrogen and oxygen atoms in total. The molecule has 1 amide bonds. The van der Waals surface area contributed by atoms with Crippen LogP contribution >= 0.6 is 15.9 Å². The van der Waals surface area contributed by atoms with Crippen molar-refractivity contribution in [2.45, 2.75) is 0 Å². The van der Waals surface area contributed by atoms with Crippen LogP contribution in [0.2, 0.25) is 0 Å². The number of rotatable bonds is 5. The molecule has 1 saturated heterocycles. The summed E-state index contributed by atoms with van der Waals surface area (Å²) >= 11 is 3.49. The number of anilines is 2. The third-order valence-electron chi connectivity index (χ3n) is 5.06. The van der Waals surface area contributed by atoms with E-state index in [1.807, 2.05) is 24.3 Å². The minimum atomic E-state index is -0.0443. The van der Waals surface area contributed by atoms with Crippen molar-refractivity contribution in [2.75, 3.05) is 63.3 Å². The molecule has 8 heteroatoms. The lowest BCUT2D eigenvalue weighted by Gasteiger charge is -2.35. The molecule has 0 saturated carbocycles. The summed E-state index contributed by atoms with van der Waals surface area (Å²) in [6.45, 7) is 4.79.